The summed E-state index contributed by atoms with van der Waals surface area (Å²) in [5.41, 5.74) is 0.595. The van der Waals surface area contributed by atoms with E-state index in [2.05, 4.69) is 5.32 Å². The van der Waals surface area contributed by atoms with E-state index in [1.54, 1.807) is 25.1 Å². The van der Waals surface area contributed by atoms with Crippen molar-refractivity contribution in [3.8, 4) is 0 Å². The van der Waals surface area contributed by atoms with E-state index in [4.69, 9.17) is 16.3 Å². The van der Waals surface area contributed by atoms with Crippen LogP contribution in [0.15, 0.2) is 29.8 Å². The molecule has 114 valence electrons. The van der Waals surface area contributed by atoms with E-state index in [0.29, 0.717) is 36.7 Å². The van der Waals surface area contributed by atoms with E-state index in [-0.39, 0.29) is 12.5 Å². The smallest absolute Gasteiger partial charge is 0.247 e. The molecule has 1 saturated heterocycles. The number of aliphatic hydroxyl groups is 1. The Bertz CT molecular complexity index is 536. The summed E-state index contributed by atoms with van der Waals surface area (Å²) in [6, 6.07) is 7.30. The van der Waals surface area contributed by atoms with Crippen molar-refractivity contribution < 1.29 is 14.6 Å². The molecule has 1 aliphatic rings. The molecule has 1 heterocycles. The van der Waals surface area contributed by atoms with Gasteiger partial charge in [-0.1, -0.05) is 23.7 Å². The maximum absolute atomic E-state index is 12.1. The first-order chi connectivity index (χ1) is 9.98. The third-order valence-corrected chi connectivity index (χ3v) is 3.83. The molecule has 2 rings (SSSR count). The minimum atomic E-state index is -0.857. The highest BCUT2D eigenvalue weighted by molar-refractivity contribution is 6.30. The number of hydrogen-bond acceptors (Lipinski definition) is 3. The molecule has 1 aromatic carbocycles. The van der Waals surface area contributed by atoms with Gasteiger partial charge in [-0.2, -0.15) is 0 Å². The number of rotatable bonds is 4. The SMILES string of the molecule is C/C(=C/c1cccc(Cl)c1)C(=O)NCC1(O)CCOCC1. The highest BCUT2D eigenvalue weighted by atomic mass is 35.5. The van der Waals surface area contributed by atoms with Crippen molar-refractivity contribution in [1.82, 2.24) is 5.32 Å². The van der Waals surface area contributed by atoms with Gasteiger partial charge in [-0.15, -0.1) is 0 Å². The molecule has 0 radical (unpaired) electrons. The topological polar surface area (TPSA) is 58.6 Å². The average Bonchev–Trinajstić information content (AvgIpc) is 2.45. The zero-order valence-electron chi connectivity index (χ0n) is 12.1. The first-order valence-corrected chi connectivity index (χ1v) is 7.38. The van der Waals surface area contributed by atoms with Crippen molar-refractivity contribution in [1.29, 1.82) is 0 Å². The van der Waals surface area contributed by atoms with Crippen molar-refractivity contribution in [2.75, 3.05) is 19.8 Å². The Morgan fingerprint density at radius 1 is 1.48 bits per heavy atom. The summed E-state index contributed by atoms with van der Waals surface area (Å²) < 4.78 is 5.21. The predicted molar refractivity (Wildman–Crippen MR) is 83.1 cm³/mol. The molecule has 0 bridgehead atoms. The Balaban J connectivity index is 1.93. The minimum Gasteiger partial charge on any atom is -0.388 e. The van der Waals surface area contributed by atoms with Crippen LogP contribution in [0, 0.1) is 0 Å². The molecule has 1 amide bonds. The second kappa shape index (κ2) is 7.07. The number of hydrogen-bond donors (Lipinski definition) is 2. The Morgan fingerprint density at radius 3 is 2.86 bits per heavy atom. The van der Waals surface area contributed by atoms with Crippen LogP contribution in [0.3, 0.4) is 0 Å². The maximum atomic E-state index is 12.1. The molecule has 5 heteroatoms. The van der Waals surface area contributed by atoms with Gasteiger partial charge in [0.05, 0.1) is 5.60 Å². The molecule has 2 N–H and O–H groups in total. The number of benzene rings is 1. The van der Waals surface area contributed by atoms with Crippen LogP contribution in [-0.4, -0.2) is 36.4 Å². The van der Waals surface area contributed by atoms with Gasteiger partial charge >= 0.3 is 0 Å². The lowest BCUT2D eigenvalue weighted by Crippen LogP contribution is -2.46. The molecule has 0 atom stereocenters. The summed E-state index contributed by atoms with van der Waals surface area (Å²) in [4.78, 5) is 12.1. The van der Waals surface area contributed by atoms with Crippen LogP contribution in [0.5, 0.6) is 0 Å². The molecule has 0 spiro atoms. The largest absolute Gasteiger partial charge is 0.388 e. The van der Waals surface area contributed by atoms with Gasteiger partial charge in [-0.05, 0) is 30.7 Å². The van der Waals surface area contributed by atoms with E-state index in [0.717, 1.165) is 5.56 Å². The van der Waals surface area contributed by atoms with Crippen LogP contribution in [0.1, 0.15) is 25.3 Å². The Hall–Kier alpha value is -1.36. The molecule has 4 nitrogen and oxygen atoms in total. The van der Waals surface area contributed by atoms with Gasteiger partial charge in [0.2, 0.25) is 5.91 Å². The summed E-state index contributed by atoms with van der Waals surface area (Å²) in [6.07, 6.45) is 2.86. The fourth-order valence-corrected chi connectivity index (χ4v) is 2.42. The monoisotopic (exact) mass is 309 g/mol. The van der Waals surface area contributed by atoms with E-state index in [9.17, 15) is 9.90 Å². The van der Waals surface area contributed by atoms with Crippen LogP contribution in [0.2, 0.25) is 5.02 Å². The average molecular weight is 310 g/mol. The van der Waals surface area contributed by atoms with Gasteiger partial charge in [0.1, 0.15) is 0 Å². The van der Waals surface area contributed by atoms with E-state index in [1.165, 1.54) is 0 Å². The molecule has 1 fully saturated rings. The molecule has 0 unspecified atom stereocenters. The molecule has 1 aromatic rings. The molecule has 0 saturated carbocycles. The highest BCUT2D eigenvalue weighted by Crippen LogP contribution is 2.19. The highest BCUT2D eigenvalue weighted by Gasteiger charge is 2.30. The van der Waals surface area contributed by atoms with Crippen LogP contribution in [-0.2, 0) is 9.53 Å². The van der Waals surface area contributed by atoms with Gasteiger partial charge in [-0.25, -0.2) is 0 Å². The number of carbonyl (C=O) groups excluding carboxylic acids is 1. The zero-order chi connectivity index (χ0) is 15.3. The molecule has 0 aromatic heterocycles. The lowest BCUT2D eigenvalue weighted by molar-refractivity contribution is -0.120. The van der Waals surface area contributed by atoms with Crippen molar-refractivity contribution in [2.45, 2.75) is 25.4 Å². The first-order valence-electron chi connectivity index (χ1n) is 7.01. The number of carbonyl (C=O) groups is 1. The quantitative estimate of drug-likeness (QED) is 0.840. The van der Waals surface area contributed by atoms with Crippen LogP contribution in [0.4, 0.5) is 0 Å². The molecule has 0 aliphatic carbocycles. The molecular formula is C16H20ClNO3. The normalized spacial score (nSPS) is 18.3. The lowest BCUT2D eigenvalue weighted by Gasteiger charge is -2.32. The molecule has 1 aliphatic heterocycles. The predicted octanol–water partition coefficient (Wildman–Crippen LogP) is 2.40. The summed E-state index contributed by atoms with van der Waals surface area (Å²) in [7, 11) is 0. The third kappa shape index (κ3) is 4.84. The summed E-state index contributed by atoms with van der Waals surface area (Å²) in [5, 5.41) is 13.7. The van der Waals surface area contributed by atoms with Crippen LogP contribution in [0.25, 0.3) is 6.08 Å². The van der Waals surface area contributed by atoms with Gasteiger partial charge in [-0.3, -0.25) is 4.79 Å². The van der Waals surface area contributed by atoms with Gasteiger partial charge in [0.15, 0.2) is 0 Å². The van der Waals surface area contributed by atoms with Crippen molar-refractivity contribution in [3.63, 3.8) is 0 Å². The number of ether oxygens (including phenoxy) is 1. The maximum Gasteiger partial charge on any atom is 0.247 e. The molecular weight excluding hydrogens is 290 g/mol. The Morgan fingerprint density at radius 2 is 2.19 bits per heavy atom. The Kier molecular flexibility index (Phi) is 5.39. The second-order valence-corrected chi connectivity index (χ2v) is 5.84. The van der Waals surface area contributed by atoms with Gasteiger partial charge in [0, 0.05) is 43.2 Å². The van der Waals surface area contributed by atoms with Crippen molar-refractivity contribution >= 4 is 23.6 Å². The first kappa shape index (κ1) is 16.0. The lowest BCUT2D eigenvalue weighted by atomic mass is 9.94. The van der Waals surface area contributed by atoms with Crippen LogP contribution >= 0.6 is 11.6 Å². The summed E-state index contributed by atoms with van der Waals surface area (Å²) in [6.45, 7) is 3.05. The van der Waals surface area contributed by atoms with Crippen LogP contribution < -0.4 is 5.32 Å². The number of halogens is 1. The Labute approximate surface area is 129 Å². The van der Waals surface area contributed by atoms with Gasteiger partial charge < -0.3 is 15.2 Å². The van der Waals surface area contributed by atoms with Gasteiger partial charge in [0.25, 0.3) is 0 Å². The van der Waals surface area contributed by atoms with E-state index < -0.39 is 5.60 Å². The number of amides is 1. The summed E-state index contributed by atoms with van der Waals surface area (Å²) >= 11 is 5.91. The van der Waals surface area contributed by atoms with E-state index >= 15 is 0 Å². The minimum absolute atomic E-state index is 0.185. The molecule has 21 heavy (non-hydrogen) atoms. The fourth-order valence-electron chi connectivity index (χ4n) is 2.22. The fraction of sp³-hybridized carbons (Fsp3) is 0.438. The standard InChI is InChI=1S/C16H20ClNO3/c1-12(9-13-3-2-4-14(17)10-13)15(19)18-11-16(20)5-7-21-8-6-16/h2-4,9-10,20H,5-8,11H2,1H3,(H,18,19)/b12-9-. The second-order valence-electron chi connectivity index (χ2n) is 5.40. The van der Waals surface area contributed by atoms with E-state index in [1.807, 2.05) is 12.1 Å². The van der Waals surface area contributed by atoms with Crippen molar-refractivity contribution in [3.05, 3.63) is 40.4 Å². The third-order valence-electron chi connectivity index (χ3n) is 3.59. The zero-order valence-corrected chi connectivity index (χ0v) is 12.8. The summed E-state index contributed by atoms with van der Waals surface area (Å²) in [5.74, 6) is -0.185. The van der Waals surface area contributed by atoms with Crippen molar-refractivity contribution in [2.24, 2.45) is 0 Å². The number of nitrogens with one attached hydrogen (secondary N) is 1.